The number of benzene rings is 1. The fraction of sp³-hybridized carbons (Fsp3) is 0.235. The minimum Gasteiger partial charge on any atom is -0.444 e. The number of carbonyl (C=O) groups excluding carboxylic acids is 2. The number of rotatable bonds is 4. The molecule has 0 saturated carbocycles. The molecular weight excluding hydrogens is 308 g/mol. The minimum absolute atomic E-state index is 0.344. The third-order valence-corrected chi connectivity index (χ3v) is 2.72. The summed E-state index contributed by atoms with van der Waals surface area (Å²) in [5, 5.41) is 9.29. The molecule has 2 aromatic rings. The average molecular weight is 328 g/mol. The van der Waals surface area contributed by atoms with Gasteiger partial charge < -0.3 is 10.1 Å². The average Bonchev–Trinajstić information content (AvgIpc) is 2.98. The van der Waals surface area contributed by atoms with E-state index in [0.29, 0.717) is 11.4 Å². The minimum atomic E-state index is -0.602. The number of nitrogens with one attached hydrogen (secondary N) is 2. The van der Waals surface area contributed by atoms with E-state index in [4.69, 9.17) is 4.74 Å². The highest BCUT2D eigenvalue weighted by Crippen LogP contribution is 2.22. The highest BCUT2D eigenvalue weighted by molar-refractivity contribution is 6.04. The summed E-state index contributed by atoms with van der Waals surface area (Å²) < 4.78 is 6.71. The van der Waals surface area contributed by atoms with Gasteiger partial charge >= 0.3 is 6.09 Å². The van der Waals surface area contributed by atoms with E-state index in [2.05, 4.69) is 15.7 Å². The van der Waals surface area contributed by atoms with Gasteiger partial charge in [-0.3, -0.25) is 10.1 Å². The summed E-state index contributed by atoms with van der Waals surface area (Å²) in [6.07, 6.45) is 5.61. The van der Waals surface area contributed by atoms with Crippen molar-refractivity contribution in [1.29, 1.82) is 0 Å². The zero-order chi connectivity index (χ0) is 17.6. The summed E-state index contributed by atoms with van der Waals surface area (Å²) in [6.45, 7) is 5.33. The summed E-state index contributed by atoms with van der Waals surface area (Å²) in [5.41, 5.74) is 0.320. The standard InChI is InChI=1S/C17H20N4O3/c1-17(2,3)24-16(23)20-14-8-5-4-7-13(14)19-15(22)9-12-21-11-6-10-18-21/h4-12H,1-3H3,(H,19,22)(H,20,23)/b12-9+. The largest absolute Gasteiger partial charge is 0.444 e. The third-order valence-electron chi connectivity index (χ3n) is 2.72. The predicted molar refractivity (Wildman–Crippen MR) is 92.5 cm³/mol. The van der Waals surface area contributed by atoms with Crippen LogP contribution in [0.15, 0.2) is 48.8 Å². The second-order valence-electron chi connectivity index (χ2n) is 5.96. The van der Waals surface area contributed by atoms with Gasteiger partial charge in [0, 0.05) is 24.7 Å². The van der Waals surface area contributed by atoms with Gasteiger partial charge in [-0.05, 0) is 39.0 Å². The molecule has 2 amide bonds. The number of nitrogens with zero attached hydrogens (tertiary/aromatic N) is 2. The molecule has 2 N–H and O–H groups in total. The van der Waals surface area contributed by atoms with E-state index in [1.54, 1.807) is 63.5 Å². The van der Waals surface area contributed by atoms with E-state index in [1.165, 1.54) is 17.0 Å². The van der Waals surface area contributed by atoms with Gasteiger partial charge in [0.2, 0.25) is 5.91 Å². The van der Waals surface area contributed by atoms with Gasteiger partial charge in [0.15, 0.2) is 0 Å². The topological polar surface area (TPSA) is 85.3 Å². The molecule has 0 bridgehead atoms. The number of aromatic nitrogens is 2. The van der Waals surface area contributed by atoms with Crippen molar-refractivity contribution >= 4 is 29.6 Å². The summed E-state index contributed by atoms with van der Waals surface area (Å²) >= 11 is 0. The zero-order valence-corrected chi connectivity index (χ0v) is 13.8. The van der Waals surface area contributed by atoms with Crippen LogP contribution in [0.5, 0.6) is 0 Å². The van der Waals surface area contributed by atoms with Gasteiger partial charge in [-0.1, -0.05) is 12.1 Å². The van der Waals surface area contributed by atoms with Crippen LogP contribution in [-0.2, 0) is 9.53 Å². The van der Waals surface area contributed by atoms with Crippen molar-refractivity contribution < 1.29 is 14.3 Å². The Morgan fingerprint density at radius 3 is 2.38 bits per heavy atom. The molecule has 0 atom stereocenters. The van der Waals surface area contributed by atoms with E-state index in [0.717, 1.165) is 0 Å². The Morgan fingerprint density at radius 2 is 1.79 bits per heavy atom. The van der Waals surface area contributed by atoms with Crippen LogP contribution in [0.2, 0.25) is 0 Å². The number of ether oxygens (including phenoxy) is 1. The molecule has 7 nitrogen and oxygen atoms in total. The van der Waals surface area contributed by atoms with Crippen LogP contribution in [0, 0.1) is 0 Å². The molecule has 126 valence electrons. The van der Waals surface area contributed by atoms with Crippen LogP contribution in [-0.4, -0.2) is 27.4 Å². The maximum absolute atomic E-state index is 12.0. The summed E-state index contributed by atoms with van der Waals surface area (Å²) in [5.74, 6) is -0.344. The Morgan fingerprint density at radius 1 is 1.12 bits per heavy atom. The summed E-state index contributed by atoms with van der Waals surface area (Å²) in [6, 6.07) is 8.63. The Balaban J connectivity index is 2.03. The first kappa shape index (κ1) is 17.3. The van der Waals surface area contributed by atoms with E-state index < -0.39 is 11.7 Å². The van der Waals surface area contributed by atoms with Crippen LogP contribution < -0.4 is 10.6 Å². The fourth-order valence-corrected chi connectivity index (χ4v) is 1.80. The van der Waals surface area contributed by atoms with Gasteiger partial charge in [-0.15, -0.1) is 0 Å². The molecule has 0 spiro atoms. The van der Waals surface area contributed by atoms with Gasteiger partial charge in [-0.2, -0.15) is 5.10 Å². The van der Waals surface area contributed by atoms with E-state index in [9.17, 15) is 9.59 Å². The number of hydrogen-bond acceptors (Lipinski definition) is 4. The van der Waals surface area contributed by atoms with Crippen LogP contribution >= 0.6 is 0 Å². The molecule has 0 saturated heterocycles. The molecular formula is C17H20N4O3. The van der Waals surface area contributed by atoms with E-state index in [1.807, 2.05) is 0 Å². The van der Waals surface area contributed by atoms with Crippen LogP contribution in [0.4, 0.5) is 16.2 Å². The summed E-state index contributed by atoms with van der Waals surface area (Å²) in [4.78, 5) is 23.9. The van der Waals surface area contributed by atoms with Gasteiger partial charge in [0.25, 0.3) is 0 Å². The van der Waals surface area contributed by atoms with Crippen molar-refractivity contribution in [2.75, 3.05) is 10.6 Å². The lowest BCUT2D eigenvalue weighted by Gasteiger charge is -2.20. The highest BCUT2D eigenvalue weighted by atomic mass is 16.6. The Labute approximate surface area is 140 Å². The van der Waals surface area contributed by atoms with Crippen LogP contribution in [0.1, 0.15) is 20.8 Å². The quantitative estimate of drug-likeness (QED) is 0.843. The van der Waals surface area contributed by atoms with Crippen molar-refractivity contribution in [2.24, 2.45) is 0 Å². The SMILES string of the molecule is CC(C)(C)OC(=O)Nc1ccccc1NC(=O)/C=C/n1cccn1. The summed E-state index contributed by atoms with van der Waals surface area (Å²) in [7, 11) is 0. The first-order valence-electron chi connectivity index (χ1n) is 7.41. The molecule has 24 heavy (non-hydrogen) atoms. The van der Waals surface area contributed by atoms with Gasteiger partial charge in [-0.25, -0.2) is 9.48 Å². The Bertz CT molecular complexity index is 731. The van der Waals surface area contributed by atoms with E-state index >= 15 is 0 Å². The molecule has 2 rings (SSSR count). The molecule has 0 fully saturated rings. The van der Waals surface area contributed by atoms with Crippen molar-refractivity contribution in [1.82, 2.24) is 9.78 Å². The smallest absolute Gasteiger partial charge is 0.412 e. The monoisotopic (exact) mass is 328 g/mol. The van der Waals surface area contributed by atoms with Crippen molar-refractivity contribution in [3.8, 4) is 0 Å². The zero-order valence-electron chi connectivity index (χ0n) is 13.8. The molecule has 0 aliphatic rings. The maximum atomic E-state index is 12.0. The highest BCUT2D eigenvalue weighted by Gasteiger charge is 2.17. The predicted octanol–water partition coefficient (Wildman–Crippen LogP) is 3.34. The van der Waals surface area contributed by atoms with Crippen molar-refractivity contribution in [3.63, 3.8) is 0 Å². The first-order chi connectivity index (χ1) is 11.3. The van der Waals surface area contributed by atoms with E-state index in [-0.39, 0.29) is 5.91 Å². The number of anilines is 2. The second-order valence-corrected chi connectivity index (χ2v) is 5.96. The Hall–Kier alpha value is -3.09. The lowest BCUT2D eigenvalue weighted by atomic mass is 10.2. The van der Waals surface area contributed by atoms with Crippen molar-refractivity contribution in [2.45, 2.75) is 26.4 Å². The maximum Gasteiger partial charge on any atom is 0.412 e. The molecule has 0 aliphatic heterocycles. The van der Waals surface area contributed by atoms with Crippen molar-refractivity contribution in [3.05, 3.63) is 48.8 Å². The number of hydrogen-bond donors (Lipinski definition) is 2. The second kappa shape index (κ2) is 7.45. The number of carbonyl (C=O) groups is 2. The lowest BCUT2D eigenvalue weighted by Crippen LogP contribution is -2.27. The van der Waals surface area contributed by atoms with Gasteiger partial charge in [0.1, 0.15) is 5.60 Å². The van der Waals surface area contributed by atoms with Crippen LogP contribution in [0.3, 0.4) is 0 Å². The lowest BCUT2D eigenvalue weighted by molar-refractivity contribution is -0.111. The normalized spacial score (nSPS) is 11.3. The molecule has 1 aromatic heterocycles. The fourth-order valence-electron chi connectivity index (χ4n) is 1.80. The van der Waals surface area contributed by atoms with Crippen LogP contribution in [0.25, 0.3) is 6.20 Å². The molecule has 7 heteroatoms. The third kappa shape index (κ3) is 5.60. The number of amides is 2. The molecule has 0 aliphatic carbocycles. The van der Waals surface area contributed by atoms with Gasteiger partial charge in [0.05, 0.1) is 11.4 Å². The molecule has 0 radical (unpaired) electrons. The molecule has 1 aromatic carbocycles. The number of para-hydroxylation sites is 2. The molecule has 1 heterocycles. The molecule has 0 unspecified atom stereocenters. The Kier molecular flexibility index (Phi) is 5.36. The first-order valence-corrected chi connectivity index (χ1v) is 7.41.